The monoisotopic (exact) mass is 330 g/mol. The highest BCUT2D eigenvalue weighted by Crippen LogP contribution is 2.28. The molecule has 3 rings (SSSR count). The lowest BCUT2D eigenvalue weighted by Gasteiger charge is -2.14. The molecule has 5 heteroatoms. The van der Waals surface area contributed by atoms with Crippen LogP contribution in [0.1, 0.15) is 0 Å². The number of benzene rings is 2. The molecule has 1 unspecified atom stereocenters. The summed E-state index contributed by atoms with van der Waals surface area (Å²) in [7, 11) is 0. The molecule has 1 heterocycles. The van der Waals surface area contributed by atoms with Crippen molar-refractivity contribution in [1.82, 2.24) is 4.98 Å². The van der Waals surface area contributed by atoms with Crippen LogP contribution in [-0.2, 0) is 0 Å². The summed E-state index contributed by atoms with van der Waals surface area (Å²) in [4.78, 5) is 4.70. The molecule has 3 aromatic rings. The molecule has 0 amide bonds. The predicted molar refractivity (Wildman–Crippen MR) is 96.0 cm³/mol. The number of pyridine rings is 1. The predicted octanol–water partition coefficient (Wildman–Crippen LogP) is 3.09. The van der Waals surface area contributed by atoms with E-state index in [-0.39, 0.29) is 19.0 Å². The van der Waals surface area contributed by atoms with Crippen molar-refractivity contribution >= 4 is 29.0 Å². The maximum Gasteiger partial charge on any atom is 0.0942 e. The smallest absolute Gasteiger partial charge is 0.0942 e. The molecule has 0 bridgehead atoms. The molecule has 0 aliphatic carbocycles. The number of hydrogen-bond donors (Lipinski definition) is 3. The molecule has 0 saturated heterocycles. The van der Waals surface area contributed by atoms with Crippen LogP contribution in [0.5, 0.6) is 0 Å². The lowest BCUT2D eigenvalue weighted by Crippen LogP contribution is -2.23. The molecular formula is C18H19ClN2O2. The average molecular weight is 331 g/mol. The van der Waals surface area contributed by atoms with Crippen molar-refractivity contribution in [3.63, 3.8) is 0 Å². The van der Waals surface area contributed by atoms with Crippen LogP contribution in [0, 0.1) is 0 Å². The molecule has 1 aromatic heterocycles. The average Bonchev–Trinajstić information content (AvgIpc) is 2.59. The number of aliphatic hydroxyl groups excluding tert-OH is 2. The number of hydrogen-bond acceptors (Lipinski definition) is 4. The zero-order chi connectivity index (χ0) is 15.4. The summed E-state index contributed by atoms with van der Waals surface area (Å²) in [6.07, 6.45) is -0.785. The summed E-state index contributed by atoms with van der Waals surface area (Å²) in [6.45, 7) is 0.0281. The standard InChI is InChI=1S/C18H18N2O2.ClH/c21-12-14(22)11-19-18-10-17(13-6-2-1-3-7-13)20-16-9-5-4-8-15(16)18;/h1-10,14,21-22H,11-12H2,(H,19,20);1H. The van der Waals surface area contributed by atoms with Gasteiger partial charge in [0.1, 0.15) is 0 Å². The van der Waals surface area contributed by atoms with E-state index in [1.165, 1.54) is 0 Å². The minimum atomic E-state index is -0.785. The molecule has 0 aliphatic heterocycles. The van der Waals surface area contributed by atoms with Crippen LogP contribution in [0.4, 0.5) is 5.69 Å². The van der Waals surface area contributed by atoms with Gasteiger partial charge in [0.15, 0.2) is 0 Å². The van der Waals surface area contributed by atoms with Crippen molar-refractivity contribution in [3.8, 4) is 11.3 Å². The molecule has 0 aliphatic rings. The molecule has 120 valence electrons. The minimum Gasteiger partial charge on any atom is -0.394 e. The first kappa shape index (κ1) is 17.2. The molecule has 3 N–H and O–H groups in total. The first-order valence-corrected chi connectivity index (χ1v) is 7.26. The Bertz CT molecular complexity index is 765. The Morgan fingerprint density at radius 3 is 2.43 bits per heavy atom. The Kier molecular flexibility index (Phi) is 5.93. The molecule has 1 atom stereocenters. The van der Waals surface area contributed by atoms with Crippen LogP contribution in [-0.4, -0.2) is 34.5 Å². The first-order chi connectivity index (χ1) is 10.8. The second-order valence-corrected chi connectivity index (χ2v) is 5.16. The largest absolute Gasteiger partial charge is 0.394 e. The van der Waals surface area contributed by atoms with Crippen LogP contribution < -0.4 is 5.32 Å². The number of aromatic nitrogens is 1. The summed E-state index contributed by atoms with van der Waals surface area (Å²) in [5, 5.41) is 22.7. The summed E-state index contributed by atoms with van der Waals surface area (Å²) in [5.74, 6) is 0. The Balaban J connectivity index is 0.00000192. The quantitative estimate of drug-likeness (QED) is 0.672. The van der Waals surface area contributed by atoms with Gasteiger partial charge in [0, 0.05) is 23.2 Å². The lowest BCUT2D eigenvalue weighted by molar-refractivity contribution is 0.105. The van der Waals surface area contributed by atoms with Crippen LogP contribution >= 0.6 is 12.4 Å². The molecular weight excluding hydrogens is 312 g/mol. The topological polar surface area (TPSA) is 65.4 Å². The van der Waals surface area contributed by atoms with Gasteiger partial charge in [0.05, 0.1) is 23.9 Å². The Labute approximate surface area is 141 Å². The highest BCUT2D eigenvalue weighted by Gasteiger charge is 2.08. The Morgan fingerprint density at radius 2 is 1.70 bits per heavy atom. The fourth-order valence-electron chi connectivity index (χ4n) is 2.37. The number of nitrogens with zero attached hydrogens (tertiary/aromatic N) is 1. The van der Waals surface area contributed by atoms with E-state index in [4.69, 9.17) is 10.1 Å². The fraction of sp³-hybridized carbons (Fsp3) is 0.167. The zero-order valence-corrected chi connectivity index (χ0v) is 13.3. The number of nitrogens with one attached hydrogen (secondary N) is 1. The summed E-state index contributed by atoms with van der Waals surface area (Å²) in [6, 6.07) is 19.8. The van der Waals surface area contributed by atoms with Gasteiger partial charge in [-0.2, -0.15) is 0 Å². The SMILES string of the molecule is Cl.OCC(O)CNc1cc(-c2ccccc2)nc2ccccc12. The molecule has 0 fully saturated rings. The van der Waals surface area contributed by atoms with Crippen LogP contribution in [0.25, 0.3) is 22.2 Å². The highest BCUT2D eigenvalue weighted by atomic mass is 35.5. The van der Waals surface area contributed by atoms with Gasteiger partial charge in [-0.1, -0.05) is 48.5 Å². The molecule has 2 aromatic carbocycles. The third-order valence-corrected chi connectivity index (χ3v) is 3.52. The number of rotatable bonds is 5. The molecule has 23 heavy (non-hydrogen) atoms. The third-order valence-electron chi connectivity index (χ3n) is 3.52. The minimum absolute atomic E-state index is 0. The van der Waals surface area contributed by atoms with Gasteiger partial charge >= 0.3 is 0 Å². The van der Waals surface area contributed by atoms with Crippen LogP contribution in [0.3, 0.4) is 0 Å². The van der Waals surface area contributed by atoms with Gasteiger partial charge in [0.2, 0.25) is 0 Å². The number of para-hydroxylation sites is 1. The maximum absolute atomic E-state index is 9.55. The number of fused-ring (bicyclic) bond motifs is 1. The molecule has 4 nitrogen and oxygen atoms in total. The van der Waals surface area contributed by atoms with Crippen LogP contribution in [0.15, 0.2) is 60.7 Å². The summed E-state index contributed by atoms with van der Waals surface area (Å²) < 4.78 is 0. The van der Waals surface area contributed by atoms with E-state index in [1.807, 2.05) is 60.7 Å². The van der Waals surface area contributed by atoms with E-state index in [0.717, 1.165) is 27.8 Å². The van der Waals surface area contributed by atoms with Crippen molar-refractivity contribution < 1.29 is 10.2 Å². The van der Waals surface area contributed by atoms with Gasteiger partial charge in [0.25, 0.3) is 0 Å². The molecule has 0 radical (unpaired) electrons. The molecule has 0 saturated carbocycles. The van der Waals surface area contributed by atoms with E-state index < -0.39 is 6.10 Å². The van der Waals surface area contributed by atoms with Crippen molar-refractivity contribution in [2.45, 2.75) is 6.10 Å². The van der Waals surface area contributed by atoms with Gasteiger partial charge in [-0.3, -0.25) is 0 Å². The second kappa shape index (κ2) is 7.92. The van der Waals surface area contributed by atoms with Crippen molar-refractivity contribution in [3.05, 3.63) is 60.7 Å². The third kappa shape index (κ3) is 3.99. The summed E-state index contributed by atoms with van der Waals surface area (Å²) in [5.41, 5.74) is 3.71. The normalized spacial score (nSPS) is 11.7. The number of halogens is 1. The Morgan fingerprint density at radius 1 is 1.00 bits per heavy atom. The van der Waals surface area contributed by atoms with E-state index in [0.29, 0.717) is 6.54 Å². The highest BCUT2D eigenvalue weighted by molar-refractivity contribution is 5.93. The van der Waals surface area contributed by atoms with Gasteiger partial charge in [-0.05, 0) is 12.1 Å². The molecule has 0 spiro atoms. The Hall–Kier alpha value is -2.14. The lowest BCUT2D eigenvalue weighted by atomic mass is 10.1. The second-order valence-electron chi connectivity index (χ2n) is 5.16. The number of anilines is 1. The zero-order valence-electron chi connectivity index (χ0n) is 12.5. The van der Waals surface area contributed by atoms with E-state index in [1.54, 1.807) is 0 Å². The van der Waals surface area contributed by atoms with Crippen LogP contribution in [0.2, 0.25) is 0 Å². The first-order valence-electron chi connectivity index (χ1n) is 7.26. The van der Waals surface area contributed by atoms with E-state index in [9.17, 15) is 5.11 Å². The van der Waals surface area contributed by atoms with Gasteiger partial charge < -0.3 is 15.5 Å². The summed E-state index contributed by atoms with van der Waals surface area (Å²) >= 11 is 0. The van der Waals surface area contributed by atoms with Gasteiger partial charge in [-0.15, -0.1) is 12.4 Å². The maximum atomic E-state index is 9.55. The van der Waals surface area contributed by atoms with Crippen molar-refractivity contribution in [2.24, 2.45) is 0 Å². The van der Waals surface area contributed by atoms with Gasteiger partial charge in [-0.25, -0.2) is 4.98 Å². The number of aliphatic hydroxyl groups is 2. The van der Waals surface area contributed by atoms with Crippen molar-refractivity contribution in [2.75, 3.05) is 18.5 Å². The fourth-order valence-corrected chi connectivity index (χ4v) is 2.37. The van der Waals surface area contributed by atoms with E-state index in [2.05, 4.69) is 5.32 Å². The van der Waals surface area contributed by atoms with E-state index >= 15 is 0 Å². The van der Waals surface area contributed by atoms with Crippen molar-refractivity contribution in [1.29, 1.82) is 0 Å².